The second-order valence-electron chi connectivity index (χ2n) is 3.40. The van der Waals surface area contributed by atoms with Crippen molar-refractivity contribution in [2.75, 3.05) is 11.1 Å². The highest BCUT2D eigenvalue weighted by Gasteiger charge is 2.12. The monoisotopic (exact) mass is 266 g/mol. The van der Waals surface area contributed by atoms with Crippen molar-refractivity contribution in [3.63, 3.8) is 0 Å². The molecule has 1 aromatic heterocycles. The van der Waals surface area contributed by atoms with E-state index in [1.54, 1.807) is 0 Å². The average molecular weight is 267 g/mol. The minimum Gasteiger partial charge on any atom is -0.382 e. The molecule has 3 N–H and O–H groups in total. The summed E-state index contributed by atoms with van der Waals surface area (Å²) in [6.07, 6.45) is 0. The lowest BCUT2D eigenvalue weighted by atomic mass is 10.3. The Labute approximate surface area is 107 Å². The Morgan fingerprint density at radius 3 is 2.72 bits per heavy atom. The molecule has 0 saturated heterocycles. The molecule has 2 rings (SSSR count). The van der Waals surface area contributed by atoms with E-state index in [2.05, 4.69) is 15.5 Å². The Kier molecular flexibility index (Phi) is 3.38. The number of carbonyl (C=O) groups is 1. The number of nitrogens with zero attached hydrogens (tertiary/aromatic N) is 2. The molecule has 0 aliphatic heterocycles. The van der Waals surface area contributed by atoms with Gasteiger partial charge in [-0.05, 0) is 24.3 Å². The molecule has 1 heterocycles. The fraction of sp³-hybridized carbons (Fsp3) is 0. The zero-order valence-corrected chi connectivity index (χ0v) is 9.78. The Morgan fingerprint density at radius 1 is 1.28 bits per heavy atom. The normalized spacial score (nSPS) is 10.1. The van der Waals surface area contributed by atoms with Gasteiger partial charge in [0.2, 0.25) is 0 Å². The zero-order valence-electron chi connectivity index (χ0n) is 9.02. The molecule has 0 unspecified atom stereocenters. The molecule has 0 spiro atoms. The summed E-state index contributed by atoms with van der Waals surface area (Å²) >= 11 is 5.59. The first-order valence-corrected chi connectivity index (χ1v) is 5.30. The van der Waals surface area contributed by atoms with E-state index in [0.29, 0.717) is 0 Å². The van der Waals surface area contributed by atoms with Crippen LogP contribution in [0.2, 0.25) is 5.02 Å². The number of aromatic nitrogens is 2. The van der Waals surface area contributed by atoms with Crippen LogP contribution in [-0.2, 0) is 0 Å². The maximum atomic E-state index is 13.5. The van der Waals surface area contributed by atoms with Gasteiger partial charge in [0.05, 0.1) is 10.7 Å². The number of nitrogen functional groups attached to an aromatic ring is 1. The summed E-state index contributed by atoms with van der Waals surface area (Å²) in [6.45, 7) is 0. The number of anilines is 2. The third-order valence-corrected chi connectivity index (χ3v) is 2.41. The quantitative estimate of drug-likeness (QED) is 0.872. The molecule has 92 valence electrons. The molecule has 5 nitrogen and oxygen atoms in total. The molecule has 1 aromatic carbocycles. The number of carbonyl (C=O) groups excluding carboxylic acids is 1. The summed E-state index contributed by atoms with van der Waals surface area (Å²) < 4.78 is 13.5. The van der Waals surface area contributed by atoms with Crippen LogP contribution in [0, 0.1) is 5.82 Å². The number of nitrogens with one attached hydrogen (secondary N) is 1. The van der Waals surface area contributed by atoms with Crippen LogP contribution in [0.3, 0.4) is 0 Å². The van der Waals surface area contributed by atoms with Crippen LogP contribution in [0.15, 0.2) is 30.3 Å². The Balaban J connectivity index is 2.21. The number of hydrogen-bond donors (Lipinski definition) is 2. The van der Waals surface area contributed by atoms with Crippen LogP contribution >= 0.6 is 11.6 Å². The first-order chi connectivity index (χ1) is 8.58. The lowest BCUT2D eigenvalue weighted by Crippen LogP contribution is -2.15. The van der Waals surface area contributed by atoms with Crippen LogP contribution in [-0.4, -0.2) is 16.1 Å². The van der Waals surface area contributed by atoms with Gasteiger partial charge in [0.25, 0.3) is 5.91 Å². The van der Waals surface area contributed by atoms with E-state index in [9.17, 15) is 9.18 Å². The van der Waals surface area contributed by atoms with E-state index in [1.807, 2.05) is 0 Å². The van der Waals surface area contributed by atoms with E-state index in [4.69, 9.17) is 17.3 Å². The third kappa shape index (κ3) is 2.54. The summed E-state index contributed by atoms with van der Waals surface area (Å²) in [6, 6.07) is 7.12. The van der Waals surface area contributed by atoms with Gasteiger partial charge in [-0.25, -0.2) is 4.39 Å². The van der Waals surface area contributed by atoms with Gasteiger partial charge in [0.15, 0.2) is 11.5 Å². The molecule has 7 heteroatoms. The van der Waals surface area contributed by atoms with Gasteiger partial charge in [-0.1, -0.05) is 17.7 Å². The summed E-state index contributed by atoms with van der Waals surface area (Å²) in [5.74, 6) is -1.10. The standard InChI is InChI=1S/C11H8ClFN4O/c12-6-2-1-3-7(10(6)13)15-11(18)8-4-5-9(14)17-16-8/h1-5H,(H2,14,17)(H,15,18). The number of benzene rings is 1. The topological polar surface area (TPSA) is 80.9 Å². The van der Waals surface area contributed by atoms with Crippen molar-refractivity contribution in [1.29, 1.82) is 0 Å². The average Bonchev–Trinajstić information content (AvgIpc) is 2.36. The van der Waals surface area contributed by atoms with Crippen molar-refractivity contribution >= 4 is 29.0 Å². The van der Waals surface area contributed by atoms with Gasteiger partial charge in [-0.3, -0.25) is 4.79 Å². The Hall–Kier alpha value is -2.21. The van der Waals surface area contributed by atoms with Gasteiger partial charge >= 0.3 is 0 Å². The molecule has 1 amide bonds. The lowest BCUT2D eigenvalue weighted by Gasteiger charge is -2.06. The molecule has 0 aliphatic rings. The van der Waals surface area contributed by atoms with E-state index in [0.717, 1.165) is 0 Å². The van der Waals surface area contributed by atoms with Gasteiger partial charge in [-0.2, -0.15) is 0 Å². The highest BCUT2D eigenvalue weighted by atomic mass is 35.5. The van der Waals surface area contributed by atoms with Crippen LogP contribution in [0.5, 0.6) is 0 Å². The van der Waals surface area contributed by atoms with Crippen LogP contribution in [0.4, 0.5) is 15.9 Å². The van der Waals surface area contributed by atoms with Crippen LogP contribution in [0.1, 0.15) is 10.5 Å². The van der Waals surface area contributed by atoms with Crippen molar-refractivity contribution in [2.24, 2.45) is 0 Å². The van der Waals surface area contributed by atoms with Crippen molar-refractivity contribution in [3.05, 3.63) is 46.9 Å². The van der Waals surface area contributed by atoms with E-state index < -0.39 is 11.7 Å². The van der Waals surface area contributed by atoms with E-state index >= 15 is 0 Å². The second kappa shape index (κ2) is 4.97. The fourth-order valence-electron chi connectivity index (χ4n) is 1.25. The lowest BCUT2D eigenvalue weighted by molar-refractivity contribution is 0.102. The number of amides is 1. The van der Waals surface area contributed by atoms with E-state index in [-0.39, 0.29) is 22.2 Å². The minimum absolute atomic E-state index is 0.0221. The van der Waals surface area contributed by atoms with Gasteiger partial charge in [0.1, 0.15) is 5.82 Å². The fourth-order valence-corrected chi connectivity index (χ4v) is 1.42. The largest absolute Gasteiger partial charge is 0.382 e. The SMILES string of the molecule is Nc1ccc(C(=O)Nc2cccc(Cl)c2F)nn1. The predicted octanol–water partition coefficient (Wildman–Crippen LogP) is 2.10. The first-order valence-electron chi connectivity index (χ1n) is 4.92. The summed E-state index contributed by atoms with van der Waals surface area (Å²) in [7, 11) is 0. The molecule has 18 heavy (non-hydrogen) atoms. The molecule has 0 bridgehead atoms. The van der Waals surface area contributed by atoms with Gasteiger partial charge < -0.3 is 11.1 Å². The minimum atomic E-state index is -0.698. The van der Waals surface area contributed by atoms with Gasteiger partial charge in [-0.15, -0.1) is 10.2 Å². The van der Waals surface area contributed by atoms with Crippen molar-refractivity contribution in [1.82, 2.24) is 10.2 Å². The number of hydrogen-bond acceptors (Lipinski definition) is 4. The highest BCUT2D eigenvalue weighted by Crippen LogP contribution is 2.22. The smallest absolute Gasteiger partial charge is 0.276 e. The molecule has 2 aromatic rings. The number of halogens is 2. The Morgan fingerprint density at radius 2 is 2.06 bits per heavy atom. The molecule has 0 fully saturated rings. The molecular weight excluding hydrogens is 259 g/mol. The third-order valence-electron chi connectivity index (χ3n) is 2.12. The van der Waals surface area contributed by atoms with Gasteiger partial charge in [0, 0.05) is 0 Å². The maximum Gasteiger partial charge on any atom is 0.276 e. The first kappa shape index (κ1) is 12.3. The van der Waals surface area contributed by atoms with Crippen LogP contribution in [0.25, 0.3) is 0 Å². The summed E-state index contributed by atoms with van der Waals surface area (Å²) in [4.78, 5) is 11.7. The second-order valence-corrected chi connectivity index (χ2v) is 3.81. The van der Waals surface area contributed by atoms with Crippen molar-refractivity contribution < 1.29 is 9.18 Å². The Bertz CT molecular complexity index is 588. The number of nitrogens with two attached hydrogens (primary N) is 1. The van der Waals surface area contributed by atoms with E-state index in [1.165, 1.54) is 30.3 Å². The summed E-state index contributed by atoms with van der Waals surface area (Å²) in [5, 5.41) is 9.39. The maximum absolute atomic E-state index is 13.5. The molecule has 0 aliphatic carbocycles. The zero-order chi connectivity index (χ0) is 13.1. The number of rotatable bonds is 2. The predicted molar refractivity (Wildman–Crippen MR) is 65.8 cm³/mol. The molecular formula is C11H8ClFN4O. The molecule has 0 saturated carbocycles. The summed E-state index contributed by atoms with van der Waals surface area (Å²) in [5.41, 5.74) is 5.35. The molecule has 0 atom stereocenters. The van der Waals surface area contributed by atoms with Crippen molar-refractivity contribution in [3.8, 4) is 0 Å². The van der Waals surface area contributed by atoms with Crippen molar-refractivity contribution in [2.45, 2.75) is 0 Å². The highest BCUT2D eigenvalue weighted by molar-refractivity contribution is 6.31. The molecule has 0 radical (unpaired) electrons. The van der Waals surface area contributed by atoms with Crippen LogP contribution < -0.4 is 11.1 Å².